The minimum absolute atomic E-state index is 0.0301. The molecule has 0 radical (unpaired) electrons. The zero-order valence-corrected chi connectivity index (χ0v) is 6.93. The average molecular weight is 178 g/mol. The summed E-state index contributed by atoms with van der Waals surface area (Å²) in [6, 6.07) is 0. The number of hydrogen-bond donors (Lipinski definition) is 2. The van der Waals surface area contributed by atoms with E-state index < -0.39 is 17.9 Å². The van der Waals surface area contributed by atoms with Crippen LogP contribution < -0.4 is 0 Å². The third-order valence-electron chi connectivity index (χ3n) is 1.01. The molecule has 1 atom stereocenters. The Hall–Kier alpha value is -0.710. The molecule has 0 aromatic heterocycles. The van der Waals surface area contributed by atoms with E-state index in [-0.39, 0.29) is 5.75 Å². The van der Waals surface area contributed by atoms with Crippen molar-refractivity contribution in [3.05, 3.63) is 0 Å². The van der Waals surface area contributed by atoms with Gasteiger partial charge < -0.3 is 10.2 Å². The van der Waals surface area contributed by atoms with E-state index >= 15 is 0 Å². The van der Waals surface area contributed by atoms with Crippen molar-refractivity contribution >= 4 is 23.7 Å². The Labute approximate surface area is 68.6 Å². The van der Waals surface area contributed by atoms with E-state index in [2.05, 4.69) is 0 Å². The maximum Gasteiger partial charge on any atom is 0.313 e. The van der Waals surface area contributed by atoms with Gasteiger partial charge in [-0.05, 0) is 0 Å². The van der Waals surface area contributed by atoms with Crippen LogP contribution in [-0.2, 0) is 9.59 Å². The van der Waals surface area contributed by atoms with Crippen LogP contribution in [0.5, 0.6) is 0 Å². The van der Waals surface area contributed by atoms with Gasteiger partial charge in [0.15, 0.2) is 0 Å². The molecule has 0 saturated heterocycles. The number of carboxylic acids is 2. The van der Waals surface area contributed by atoms with Crippen LogP contribution in [-0.4, -0.2) is 33.7 Å². The minimum atomic E-state index is -0.910. The van der Waals surface area contributed by atoms with E-state index in [4.69, 9.17) is 10.2 Å². The SMILES string of the molecule is C[C@H](CSCC(=O)O)C(=O)O. The summed E-state index contributed by atoms with van der Waals surface area (Å²) in [5, 5.41) is 16.6. The van der Waals surface area contributed by atoms with E-state index in [0.29, 0.717) is 5.75 Å². The minimum Gasteiger partial charge on any atom is -0.481 e. The highest BCUT2D eigenvalue weighted by molar-refractivity contribution is 7.99. The highest BCUT2D eigenvalue weighted by Crippen LogP contribution is 2.07. The molecule has 0 aliphatic heterocycles. The van der Waals surface area contributed by atoms with Crippen molar-refractivity contribution < 1.29 is 19.8 Å². The molecule has 0 aromatic rings. The molecule has 0 rings (SSSR count). The fraction of sp³-hybridized carbons (Fsp3) is 0.667. The molecule has 0 spiro atoms. The van der Waals surface area contributed by atoms with Crippen molar-refractivity contribution in [2.24, 2.45) is 5.92 Å². The van der Waals surface area contributed by atoms with Crippen LogP contribution in [0.1, 0.15) is 6.92 Å². The maximum atomic E-state index is 10.2. The third kappa shape index (κ3) is 5.72. The van der Waals surface area contributed by atoms with Crippen molar-refractivity contribution in [3.63, 3.8) is 0 Å². The van der Waals surface area contributed by atoms with Gasteiger partial charge in [0.25, 0.3) is 0 Å². The first kappa shape index (κ1) is 10.3. The molecule has 0 saturated carbocycles. The van der Waals surface area contributed by atoms with Crippen LogP contribution in [0.25, 0.3) is 0 Å². The lowest BCUT2D eigenvalue weighted by molar-refractivity contribution is -0.140. The van der Waals surface area contributed by atoms with Crippen molar-refractivity contribution in [2.75, 3.05) is 11.5 Å². The van der Waals surface area contributed by atoms with Gasteiger partial charge in [0.1, 0.15) is 0 Å². The third-order valence-corrected chi connectivity index (χ3v) is 2.20. The van der Waals surface area contributed by atoms with Gasteiger partial charge in [-0.3, -0.25) is 9.59 Å². The number of carbonyl (C=O) groups is 2. The number of rotatable bonds is 5. The molecule has 4 nitrogen and oxygen atoms in total. The topological polar surface area (TPSA) is 74.6 Å². The first-order valence-corrected chi connectivity index (χ1v) is 4.22. The van der Waals surface area contributed by atoms with Gasteiger partial charge in [0, 0.05) is 5.75 Å². The molecule has 11 heavy (non-hydrogen) atoms. The second kappa shape index (κ2) is 5.01. The van der Waals surface area contributed by atoms with Crippen LogP contribution in [0.15, 0.2) is 0 Å². The Morgan fingerprint density at radius 3 is 2.36 bits per heavy atom. The maximum absolute atomic E-state index is 10.2. The van der Waals surface area contributed by atoms with Crippen molar-refractivity contribution in [1.29, 1.82) is 0 Å². The molecule has 0 unspecified atom stereocenters. The summed E-state index contributed by atoms with van der Waals surface area (Å²) in [5.41, 5.74) is 0. The fourth-order valence-corrected chi connectivity index (χ4v) is 1.18. The predicted octanol–water partition coefficient (Wildman–Crippen LogP) is 0.525. The summed E-state index contributed by atoms with van der Waals surface area (Å²) in [6.07, 6.45) is 0. The van der Waals surface area contributed by atoms with Crippen molar-refractivity contribution in [3.8, 4) is 0 Å². The molecule has 0 aliphatic carbocycles. The second-order valence-corrected chi connectivity index (χ2v) is 3.18. The van der Waals surface area contributed by atoms with Crippen LogP contribution in [0.3, 0.4) is 0 Å². The lowest BCUT2D eigenvalue weighted by Crippen LogP contribution is -2.13. The Morgan fingerprint density at radius 1 is 1.45 bits per heavy atom. The first-order chi connectivity index (χ1) is 5.04. The van der Waals surface area contributed by atoms with E-state index in [1.54, 1.807) is 6.92 Å². The van der Waals surface area contributed by atoms with Gasteiger partial charge in [-0.15, -0.1) is 11.8 Å². The lowest BCUT2D eigenvalue weighted by Gasteiger charge is -2.02. The van der Waals surface area contributed by atoms with Crippen molar-refractivity contribution in [1.82, 2.24) is 0 Å². The summed E-state index contributed by atoms with van der Waals surface area (Å²) in [4.78, 5) is 20.2. The van der Waals surface area contributed by atoms with Crippen LogP contribution in [0.4, 0.5) is 0 Å². The highest BCUT2D eigenvalue weighted by atomic mass is 32.2. The Morgan fingerprint density at radius 2 is 2.00 bits per heavy atom. The molecular formula is C6H10O4S. The number of aliphatic carboxylic acids is 2. The summed E-state index contributed by atoms with van der Waals surface area (Å²) in [7, 11) is 0. The summed E-state index contributed by atoms with van der Waals surface area (Å²) >= 11 is 1.12. The number of carboxylic acid groups (broad SMARTS) is 2. The summed E-state index contributed by atoms with van der Waals surface area (Å²) in [5.74, 6) is -1.95. The fourth-order valence-electron chi connectivity index (χ4n) is 0.394. The Kier molecular flexibility index (Phi) is 4.69. The van der Waals surface area contributed by atoms with Gasteiger partial charge in [-0.2, -0.15) is 0 Å². The average Bonchev–Trinajstić information content (AvgIpc) is 1.86. The van der Waals surface area contributed by atoms with Crippen LogP contribution in [0.2, 0.25) is 0 Å². The molecule has 0 aromatic carbocycles. The normalized spacial score (nSPS) is 12.5. The van der Waals surface area contributed by atoms with E-state index in [1.807, 2.05) is 0 Å². The highest BCUT2D eigenvalue weighted by Gasteiger charge is 2.10. The molecule has 0 amide bonds. The van der Waals surface area contributed by atoms with E-state index in [0.717, 1.165) is 11.8 Å². The Bertz CT molecular complexity index is 157. The first-order valence-electron chi connectivity index (χ1n) is 3.06. The van der Waals surface area contributed by atoms with Gasteiger partial charge in [-0.25, -0.2) is 0 Å². The second-order valence-electron chi connectivity index (χ2n) is 2.15. The van der Waals surface area contributed by atoms with Crippen LogP contribution >= 0.6 is 11.8 Å². The quantitative estimate of drug-likeness (QED) is 0.642. The molecule has 0 heterocycles. The molecule has 5 heteroatoms. The molecule has 0 fully saturated rings. The standard InChI is InChI=1S/C6H10O4S/c1-4(6(9)10)2-11-3-5(7)8/h4H,2-3H2,1H3,(H,7,8)(H,9,10)/t4-/m1/s1. The number of hydrogen-bond acceptors (Lipinski definition) is 3. The summed E-state index contributed by atoms with van der Waals surface area (Å²) < 4.78 is 0. The van der Waals surface area contributed by atoms with Gasteiger partial charge in [0.2, 0.25) is 0 Å². The van der Waals surface area contributed by atoms with Gasteiger partial charge in [-0.1, -0.05) is 6.92 Å². The zero-order valence-electron chi connectivity index (χ0n) is 6.11. The molecule has 64 valence electrons. The Balaban J connectivity index is 3.39. The smallest absolute Gasteiger partial charge is 0.313 e. The van der Waals surface area contributed by atoms with Gasteiger partial charge >= 0.3 is 11.9 Å². The van der Waals surface area contributed by atoms with E-state index in [9.17, 15) is 9.59 Å². The molecule has 2 N–H and O–H groups in total. The largest absolute Gasteiger partial charge is 0.481 e. The lowest BCUT2D eigenvalue weighted by atomic mass is 10.2. The van der Waals surface area contributed by atoms with Gasteiger partial charge in [0.05, 0.1) is 11.7 Å². The van der Waals surface area contributed by atoms with E-state index in [1.165, 1.54) is 0 Å². The monoisotopic (exact) mass is 178 g/mol. The number of thioether (sulfide) groups is 1. The van der Waals surface area contributed by atoms with Crippen LogP contribution in [0, 0.1) is 5.92 Å². The summed E-state index contributed by atoms with van der Waals surface area (Å²) in [6.45, 7) is 1.55. The molecule has 0 aliphatic rings. The zero-order chi connectivity index (χ0) is 8.85. The van der Waals surface area contributed by atoms with Crippen molar-refractivity contribution in [2.45, 2.75) is 6.92 Å². The molecule has 0 bridgehead atoms. The predicted molar refractivity (Wildman–Crippen MR) is 41.8 cm³/mol. The molecular weight excluding hydrogens is 168 g/mol.